The molecule has 0 aromatic carbocycles. The molecule has 0 saturated heterocycles. The molecule has 3 saturated carbocycles. The monoisotopic (exact) mass is 465 g/mol. The maximum absolute atomic E-state index is 12.5. The van der Waals surface area contributed by atoms with Crippen LogP contribution in [-0.2, 0) is 9.59 Å². The summed E-state index contributed by atoms with van der Waals surface area (Å²) in [4.78, 5) is 21.8. The third-order valence-corrected chi connectivity index (χ3v) is 10.3. The number of allylic oxidation sites excluding steroid dienone is 7. The van der Waals surface area contributed by atoms with Gasteiger partial charge in [0.05, 0.1) is 0 Å². The van der Waals surface area contributed by atoms with Gasteiger partial charge >= 0.3 is 0 Å². The van der Waals surface area contributed by atoms with Gasteiger partial charge in [0.2, 0.25) is 12.2 Å². The number of ketones is 1. The summed E-state index contributed by atoms with van der Waals surface area (Å²) in [6.07, 6.45) is 16.1. The van der Waals surface area contributed by atoms with E-state index in [0.717, 1.165) is 47.4 Å². The quantitative estimate of drug-likeness (QED) is 0.451. The number of hydrogen-bond acceptors (Lipinski definition) is 3. The van der Waals surface area contributed by atoms with Crippen LogP contribution in [0.3, 0.4) is 0 Å². The first kappa shape index (κ1) is 25.0. The second kappa shape index (κ2) is 8.84. The molecule has 0 aliphatic heterocycles. The van der Waals surface area contributed by atoms with Crippen LogP contribution in [0.25, 0.3) is 0 Å². The van der Waals surface area contributed by atoms with Crippen molar-refractivity contribution in [1.82, 2.24) is 5.32 Å². The van der Waals surface area contributed by atoms with E-state index in [0.29, 0.717) is 11.8 Å². The summed E-state index contributed by atoms with van der Waals surface area (Å²) in [5.74, 6) is 2.13. The number of amides is 1. The zero-order valence-corrected chi connectivity index (χ0v) is 22.0. The molecular formula is C30H43NO3. The number of aliphatic hydroxyl groups is 1. The standard InChI is InChI=1S/C27H36O2.C3H7NO/c1-16-8-10-25(3)12-13-27(5)19(21(25)14-16)9-11-26(4)20-15-22(28)24(29)17(2)18(20)6-7-23(26)27;1-2-4-3-5/h6-7,15-16,19,21,29H,8-14H2,1-5H3;3H,2H2,1H3,(H,4,5). The van der Waals surface area contributed by atoms with Gasteiger partial charge in [-0.3, -0.25) is 9.59 Å². The average Bonchev–Trinajstić information content (AvgIpc) is 2.80. The zero-order chi connectivity index (χ0) is 24.9. The third-order valence-electron chi connectivity index (χ3n) is 10.3. The highest BCUT2D eigenvalue weighted by Crippen LogP contribution is 2.69. The minimum atomic E-state index is -0.221. The molecule has 0 radical (unpaired) electrons. The topological polar surface area (TPSA) is 66.4 Å². The van der Waals surface area contributed by atoms with Gasteiger partial charge in [0.25, 0.3) is 0 Å². The molecular weight excluding hydrogens is 422 g/mol. The Morgan fingerprint density at radius 1 is 1.09 bits per heavy atom. The fourth-order valence-corrected chi connectivity index (χ4v) is 8.16. The summed E-state index contributed by atoms with van der Waals surface area (Å²) in [5.41, 5.74) is 5.18. The van der Waals surface area contributed by atoms with Crippen LogP contribution in [0.15, 0.2) is 46.3 Å². The fourth-order valence-electron chi connectivity index (χ4n) is 8.16. The second-order valence-electron chi connectivity index (χ2n) is 12.3. The molecule has 5 aliphatic rings. The lowest BCUT2D eigenvalue weighted by Gasteiger charge is -2.64. The molecule has 0 heterocycles. The van der Waals surface area contributed by atoms with Crippen LogP contribution in [0.1, 0.15) is 86.5 Å². The van der Waals surface area contributed by atoms with Gasteiger partial charge in [0, 0.05) is 17.5 Å². The minimum absolute atomic E-state index is 0.0787. The van der Waals surface area contributed by atoms with Crippen LogP contribution >= 0.6 is 0 Å². The van der Waals surface area contributed by atoms with Crippen LogP contribution in [0.4, 0.5) is 0 Å². The van der Waals surface area contributed by atoms with Crippen LogP contribution in [0.5, 0.6) is 0 Å². The van der Waals surface area contributed by atoms with E-state index in [1.807, 2.05) is 13.8 Å². The number of nitrogens with one attached hydrogen (secondary N) is 1. The Kier molecular flexibility index (Phi) is 6.50. The van der Waals surface area contributed by atoms with Crippen molar-refractivity contribution in [2.24, 2.45) is 34.0 Å². The SMILES string of the molecule is CC1=C(O)C(=O)C=C2C1=CC=C1C2(C)CCC2C3CC(C)CCC3(C)CCC12C.CCNC=O. The normalized spacial score (nSPS) is 40.7. The van der Waals surface area contributed by atoms with Crippen LogP contribution in [0.2, 0.25) is 0 Å². The zero-order valence-electron chi connectivity index (χ0n) is 22.0. The highest BCUT2D eigenvalue weighted by molar-refractivity contribution is 6.06. The Balaban J connectivity index is 0.000000499. The second-order valence-corrected chi connectivity index (χ2v) is 12.3. The molecule has 2 N–H and O–H groups in total. The highest BCUT2D eigenvalue weighted by atomic mass is 16.3. The van der Waals surface area contributed by atoms with Crippen molar-refractivity contribution in [3.8, 4) is 0 Å². The molecule has 6 atom stereocenters. The van der Waals surface area contributed by atoms with Crippen molar-refractivity contribution in [3.05, 3.63) is 46.3 Å². The fraction of sp³-hybridized carbons (Fsp3) is 0.667. The first-order valence-electron chi connectivity index (χ1n) is 13.3. The number of rotatable bonds is 2. The number of carbonyl (C=O) groups is 2. The maximum atomic E-state index is 12.5. The Morgan fingerprint density at radius 2 is 1.82 bits per heavy atom. The summed E-state index contributed by atoms with van der Waals surface area (Å²) < 4.78 is 0. The summed E-state index contributed by atoms with van der Waals surface area (Å²) in [6, 6.07) is 0. The number of aliphatic hydroxyl groups excluding tert-OH is 1. The minimum Gasteiger partial charge on any atom is -0.504 e. The molecule has 4 heteroatoms. The van der Waals surface area contributed by atoms with Crippen molar-refractivity contribution in [2.45, 2.75) is 86.5 Å². The van der Waals surface area contributed by atoms with Crippen LogP contribution < -0.4 is 5.32 Å². The van der Waals surface area contributed by atoms with Gasteiger partial charge in [0.1, 0.15) is 0 Å². The first-order valence-corrected chi connectivity index (χ1v) is 13.3. The first-order chi connectivity index (χ1) is 16.0. The summed E-state index contributed by atoms with van der Waals surface area (Å²) in [7, 11) is 0. The molecule has 0 spiro atoms. The molecule has 0 bridgehead atoms. The van der Waals surface area contributed by atoms with E-state index in [-0.39, 0.29) is 22.4 Å². The van der Waals surface area contributed by atoms with Gasteiger partial charge in [-0.2, -0.15) is 0 Å². The molecule has 3 fully saturated rings. The lowest BCUT2D eigenvalue weighted by atomic mass is 9.40. The van der Waals surface area contributed by atoms with Crippen molar-refractivity contribution >= 4 is 12.2 Å². The Bertz CT molecular complexity index is 1000. The van der Waals surface area contributed by atoms with Crippen molar-refractivity contribution in [3.63, 3.8) is 0 Å². The maximum Gasteiger partial charge on any atom is 0.220 e. The molecule has 5 aliphatic carbocycles. The predicted molar refractivity (Wildman–Crippen MR) is 137 cm³/mol. The van der Waals surface area contributed by atoms with E-state index in [1.165, 1.54) is 38.5 Å². The van der Waals surface area contributed by atoms with Crippen molar-refractivity contribution in [2.75, 3.05) is 6.54 Å². The average molecular weight is 466 g/mol. The van der Waals surface area contributed by atoms with Gasteiger partial charge in [0.15, 0.2) is 5.76 Å². The van der Waals surface area contributed by atoms with Gasteiger partial charge < -0.3 is 10.4 Å². The van der Waals surface area contributed by atoms with Gasteiger partial charge in [-0.05, 0) is 98.2 Å². The lowest BCUT2D eigenvalue weighted by Crippen LogP contribution is -2.55. The van der Waals surface area contributed by atoms with E-state index < -0.39 is 0 Å². The van der Waals surface area contributed by atoms with E-state index in [1.54, 1.807) is 11.6 Å². The lowest BCUT2D eigenvalue weighted by molar-refractivity contribution is -0.114. The van der Waals surface area contributed by atoms with E-state index in [2.05, 4.69) is 45.2 Å². The largest absolute Gasteiger partial charge is 0.504 e. The smallest absolute Gasteiger partial charge is 0.220 e. The Labute approximate surface area is 205 Å². The highest BCUT2D eigenvalue weighted by Gasteiger charge is 2.60. The summed E-state index contributed by atoms with van der Waals surface area (Å²) in [5, 5.41) is 12.6. The molecule has 0 aromatic heterocycles. The number of carbonyl (C=O) groups excluding carboxylic acids is 2. The number of hydrogen-bond donors (Lipinski definition) is 2. The molecule has 4 nitrogen and oxygen atoms in total. The van der Waals surface area contributed by atoms with E-state index >= 15 is 0 Å². The van der Waals surface area contributed by atoms with Gasteiger partial charge in [-0.25, -0.2) is 0 Å². The predicted octanol–water partition coefficient (Wildman–Crippen LogP) is 6.61. The van der Waals surface area contributed by atoms with Crippen LogP contribution in [-0.4, -0.2) is 23.8 Å². The van der Waals surface area contributed by atoms with Crippen LogP contribution in [0, 0.1) is 34.0 Å². The molecule has 6 unspecified atom stereocenters. The molecule has 1 amide bonds. The third kappa shape index (κ3) is 3.72. The van der Waals surface area contributed by atoms with E-state index in [4.69, 9.17) is 0 Å². The summed E-state index contributed by atoms with van der Waals surface area (Å²) >= 11 is 0. The molecule has 186 valence electrons. The van der Waals surface area contributed by atoms with Gasteiger partial charge in [-0.15, -0.1) is 0 Å². The molecule has 5 rings (SSSR count). The molecule has 0 aromatic rings. The Morgan fingerprint density at radius 3 is 2.47 bits per heavy atom. The van der Waals surface area contributed by atoms with E-state index in [9.17, 15) is 14.7 Å². The summed E-state index contributed by atoms with van der Waals surface area (Å²) in [6.45, 7) is 14.4. The Hall–Kier alpha value is -2.10. The molecule has 34 heavy (non-hydrogen) atoms. The van der Waals surface area contributed by atoms with Crippen molar-refractivity contribution < 1.29 is 14.7 Å². The number of fused-ring (bicyclic) bond motifs is 7. The van der Waals surface area contributed by atoms with Gasteiger partial charge in [-0.1, -0.05) is 51.8 Å². The van der Waals surface area contributed by atoms with Crippen molar-refractivity contribution in [1.29, 1.82) is 0 Å².